The Balaban J connectivity index is 2.04. The Kier molecular flexibility index (Phi) is 2.87. The monoisotopic (exact) mass is 253 g/mol. The first-order valence-electron chi connectivity index (χ1n) is 6.54. The minimum absolute atomic E-state index is 0.139. The summed E-state index contributed by atoms with van der Waals surface area (Å²) in [5.41, 5.74) is -1.50. The van der Waals surface area contributed by atoms with Gasteiger partial charge in [0.1, 0.15) is 17.2 Å². The van der Waals surface area contributed by atoms with Crippen LogP contribution < -0.4 is 0 Å². The average molecular weight is 253 g/mol. The van der Waals surface area contributed by atoms with Crippen LogP contribution in [0.1, 0.15) is 31.2 Å². The highest BCUT2D eigenvalue weighted by molar-refractivity contribution is 5.30. The van der Waals surface area contributed by atoms with E-state index < -0.39 is 17.2 Å². The smallest absolute Gasteiger partial charge is 0.132 e. The third-order valence-electron chi connectivity index (χ3n) is 4.34. The van der Waals surface area contributed by atoms with E-state index in [1.54, 1.807) is 0 Å². The standard InChI is InChI=1S/C14H17F2NO/c15-10-4-3-5-11(16)13(10)14(18)7-9-17-8-2-1-6-12(14)17/h3-5,12,18H,1-2,6-9H2. The predicted octanol–water partition coefficient (Wildman–Crippen LogP) is 2.41. The van der Waals surface area contributed by atoms with E-state index in [2.05, 4.69) is 4.90 Å². The lowest BCUT2D eigenvalue weighted by molar-refractivity contribution is -0.0192. The number of aliphatic hydroxyl groups is 1. The maximum atomic E-state index is 13.9. The number of benzene rings is 1. The largest absolute Gasteiger partial charge is 0.383 e. The zero-order chi connectivity index (χ0) is 12.8. The lowest BCUT2D eigenvalue weighted by Crippen LogP contribution is -2.46. The fourth-order valence-corrected chi connectivity index (χ4v) is 3.48. The molecule has 0 amide bonds. The zero-order valence-electron chi connectivity index (χ0n) is 10.2. The molecule has 2 aliphatic heterocycles. The summed E-state index contributed by atoms with van der Waals surface area (Å²) >= 11 is 0. The molecule has 2 atom stereocenters. The van der Waals surface area contributed by atoms with Gasteiger partial charge in [-0.15, -0.1) is 0 Å². The highest BCUT2D eigenvalue weighted by atomic mass is 19.1. The van der Waals surface area contributed by atoms with Crippen LogP contribution in [0.25, 0.3) is 0 Å². The van der Waals surface area contributed by atoms with Crippen LogP contribution in [-0.2, 0) is 5.60 Å². The van der Waals surface area contributed by atoms with Gasteiger partial charge in [-0.3, -0.25) is 4.90 Å². The molecule has 0 aromatic heterocycles. The van der Waals surface area contributed by atoms with Crippen molar-refractivity contribution in [2.75, 3.05) is 13.1 Å². The molecule has 0 aliphatic carbocycles. The van der Waals surface area contributed by atoms with E-state index in [0.29, 0.717) is 6.42 Å². The number of hydrogen-bond donors (Lipinski definition) is 1. The van der Waals surface area contributed by atoms with Crippen LogP contribution in [0.3, 0.4) is 0 Å². The summed E-state index contributed by atoms with van der Waals surface area (Å²) in [5, 5.41) is 10.8. The SMILES string of the molecule is OC1(c2c(F)cccc2F)CCN2CCCCC21. The Morgan fingerprint density at radius 1 is 1.17 bits per heavy atom. The number of nitrogens with zero attached hydrogens (tertiary/aromatic N) is 1. The summed E-state index contributed by atoms with van der Waals surface area (Å²) in [4.78, 5) is 2.16. The molecule has 1 aromatic carbocycles. The Morgan fingerprint density at radius 2 is 1.89 bits per heavy atom. The first-order chi connectivity index (χ1) is 8.63. The molecule has 18 heavy (non-hydrogen) atoms. The number of hydrogen-bond acceptors (Lipinski definition) is 2. The fraction of sp³-hybridized carbons (Fsp3) is 0.571. The van der Waals surface area contributed by atoms with Crippen LogP contribution in [-0.4, -0.2) is 29.1 Å². The lowest BCUT2D eigenvalue weighted by Gasteiger charge is -2.37. The summed E-state index contributed by atoms with van der Waals surface area (Å²) in [5.74, 6) is -1.27. The third-order valence-corrected chi connectivity index (χ3v) is 4.34. The second-order valence-electron chi connectivity index (χ2n) is 5.32. The van der Waals surface area contributed by atoms with E-state index in [0.717, 1.165) is 32.4 Å². The second-order valence-corrected chi connectivity index (χ2v) is 5.32. The molecule has 2 saturated heterocycles. The Labute approximate surface area is 105 Å². The van der Waals surface area contributed by atoms with Gasteiger partial charge in [0.05, 0.1) is 5.56 Å². The van der Waals surface area contributed by atoms with Crippen molar-refractivity contribution in [2.45, 2.75) is 37.3 Å². The maximum absolute atomic E-state index is 13.9. The van der Waals surface area contributed by atoms with Gasteiger partial charge in [-0.2, -0.15) is 0 Å². The van der Waals surface area contributed by atoms with E-state index in [9.17, 15) is 13.9 Å². The van der Waals surface area contributed by atoms with E-state index >= 15 is 0 Å². The Morgan fingerprint density at radius 3 is 2.61 bits per heavy atom. The summed E-state index contributed by atoms with van der Waals surface area (Å²) in [6, 6.07) is 3.65. The van der Waals surface area contributed by atoms with E-state index in [1.807, 2.05) is 0 Å². The molecule has 2 unspecified atom stereocenters. The maximum Gasteiger partial charge on any atom is 0.132 e. The lowest BCUT2D eigenvalue weighted by atomic mass is 9.82. The van der Waals surface area contributed by atoms with E-state index in [4.69, 9.17) is 0 Å². The van der Waals surface area contributed by atoms with Crippen LogP contribution in [0.4, 0.5) is 8.78 Å². The van der Waals surface area contributed by atoms with Crippen molar-refractivity contribution in [1.82, 2.24) is 4.90 Å². The average Bonchev–Trinajstić information content (AvgIpc) is 2.69. The number of rotatable bonds is 1. The van der Waals surface area contributed by atoms with Gasteiger partial charge < -0.3 is 5.11 Å². The molecular formula is C14H17F2NO. The van der Waals surface area contributed by atoms with Crippen molar-refractivity contribution in [1.29, 1.82) is 0 Å². The topological polar surface area (TPSA) is 23.5 Å². The molecule has 3 rings (SSSR count). The van der Waals surface area contributed by atoms with Crippen LogP contribution in [0.5, 0.6) is 0 Å². The molecule has 2 fully saturated rings. The molecule has 0 bridgehead atoms. The quantitative estimate of drug-likeness (QED) is 0.830. The molecule has 2 heterocycles. The van der Waals surface area contributed by atoms with Gasteiger partial charge in [-0.1, -0.05) is 12.5 Å². The predicted molar refractivity (Wildman–Crippen MR) is 64.1 cm³/mol. The molecule has 4 heteroatoms. The normalized spacial score (nSPS) is 32.5. The van der Waals surface area contributed by atoms with Gasteiger partial charge in [0, 0.05) is 12.6 Å². The highest BCUT2D eigenvalue weighted by Crippen LogP contribution is 2.43. The van der Waals surface area contributed by atoms with Crippen LogP contribution >= 0.6 is 0 Å². The van der Waals surface area contributed by atoms with Crippen molar-refractivity contribution < 1.29 is 13.9 Å². The molecule has 1 aromatic rings. The molecule has 0 radical (unpaired) electrons. The zero-order valence-corrected chi connectivity index (χ0v) is 10.2. The van der Waals surface area contributed by atoms with Crippen LogP contribution in [0.2, 0.25) is 0 Å². The van der Waals surface area contributed by atoms with Gasteiger partial charge >= 0.3 is 0 Å². The van der Waals surface area contributed by atoms with Crippen molar-refractivity contribution in [3.63, 3.8) is 0 Å². The molecule has 1 N–H and O–H groups in total. The molecule has 98 valence electrons. The van der Waals surface area contributed by atoms with Gasteiger partial charge in [-0.25, -0.2) is 8.78 Å². The minimum atomic E-state index is -1.37. The van der Waals surface area contributed by atoms with Crippen molar-refractivity contribution in [3.05, 3.63) is 35.4 Å². The number of halogens is 2. The Hall–Kier alpha value is -1.00. The highest BCUT2D eigenvalue weighted by Gasteiger charge is 2.50. The Bertz CT molecular complexity index is 445. The summed E-state index contributed by atoms with van der Waals surface area (Å²) in [7, 11) is 0. The number of fused-ring (bicyclic) bond motifs is 1. The van der Waals surface area contributed by atoms with Crippen molar-refractivity contribution >= 4 is 0 Å². The van der Waals surface area contributed by atoms with Gasteiger partial charge in [-0.05, 0) is 37.9 Å². The van der Waals surface area contributed by atoms with E-state index in [-0.39, 0.29) is 11.6 Å². The first kappa shape index (κ1) is 12.1. The third kappa shape index (κ3) is 1.67. The summed E-state index contributed by atoms with van der Waals surface area (Å²) in [6.45, 7) is 1.64. The second kappa shape index (κ2) is 4.28. The summed E-state index contributed by atoms with van der Waals surface area (Å²) in [6.07, 6.45) is 3.34. The molecule has 0 saturated carbocycles. The first-order valence-corrected chi connectivity index (χ1v) is 6.54. The van der Waals surface area contributed by atoms with Gasteiger partial charge in [0.15, 0.2) is 0 Å². The van der Waals surface area contributed by atoms with Crippen LogP contribution in [0, 0.1) is 11.6 Å². The molecule has 2 nitrogen and oxygen atoms in total. The molecule has 2 aliphatic rings. The fourth-order valence-electron chi connectivity index (χ4n) is 3.48. The van der Waals surface area contributed by atoms with Gasteiger partial charge in [0.25, 0.3) is 0 Å². The minimum Gasteiger partial charge on any atom is -0.383 e. The van der Waals surface area contributed by atoms with Gasteiger partial charge in [0.2, 0.25) is 0 Å². The van der Waals surface area contributed by atoms with E-state index in [1.165, 1.54) is 18.2 Å². The number of piperidine rings is 1. The summed E-state index contributed by atoms with van der Waals surface area (Å²) < 4.78 is 27.8. The van der Waals surface area contributed by atoms with Crippen molar-refractivity contribution in [2.24, 2.45) is 0 Å². The van der Waals surface area contributed by atoms with Crippen molar-refractivity contribution in [3.8, 4) is 0 Å². The molecule has 0 spiro atoms. The van der Waals surface area contributed by atoms with Crippen LogP contribution in [0.15, 0.2) is 18.2 Å². The molecular weight excluding hydrogens is 236 g/mol.